The Balaban J connectivity index is 2.68. The van der Waals surface area contributed by atoms with Gasteiger partial charge in [-0.15, -0.1) is 0 Å². The number of rotatable bonds is 0. The lowest BCUT2D eigenvalue weighted by Gasteiger charge is -2.08. The minimum atomic E-state index is -0.599. The Morgan fingerprint density at radius 2 is 2.00 bits per heavy atom. The summed E-state index contributed by atoms with van der Waals surface area (Å²) in [6.07, 6.45) is 10.0. The average molecular weight is 250 g/mol. The van der Waals surface area contributed by atoms with Gasteiger partial charge in [-0.2, -0.15) is 0 Å². The number of esters is 1. The van der Waals surface area contributed by atoms with Gasteiger partial charge in [0.25, 0.3) is 0 Å². The van der Waals surface area contributed by atoms with Crippen molar-refractivity contribution >= 4 is 5.97 Å². The molecule has 100 valence electrons. The van der Waals surface area contributed by atoms with E-state index in [2.05, 4.69) is 12.2 Å². The predicted molar refractivity (Wildman–Crippen MR) is 72.1 cm³/mol. The number of ether oxygens (including phenoxy) is 1. The zero-order valence-corrected chi connectivity index (χ0v) is 11.2. The first kappa shape index (κ1) is 14.7. The molecule has 0 aromatic rings. The van der Waals surface area contributed by atoms with Crippen molar-refractivity contribution in [1.82, 2.24) is 0 Å². The second kappa shape index (κ2) is 7.88. The molecule has 0 bridgehead atoms. The van der Waals surface area contributed by atoms with Gasteiger partial charge in [-0.1, -0.05) is 24.3 Å². The van der Waals surface area contributed by atoms with Crippen molar-refractivity contribution in [2.45, 2.75) is 45.6 Å². The Kier molecular flexibility index (Phi) is 6.44. The highest BCUT2D eigenvalue weighted by Crippen LogP contribution is 2.09. The molecule has 0 saturated carbocycles. The van der Waals surface area contributed by atoms with E-state index in [0.29, 0.717) is 6.61 Å². The smallest absolute Gasteiger partial charge is 0.309 e. The van der Waals surface area contributed by atoms with Gasteiger partial charge in [0.15, 0.2) is 0 Å². The van der Waals surface area contributed by atoms with Gasteiger partial charge >= 0.3 is 5.97 Å². The lowest BCUT2D eigenvalue weighted by atomic mass is 10.1. The quantitative estimate of drug-likeness (QED) is 0.531. The van der Waals surface area contributed by atoms with Crippen LogP contribution in [0.25, 0.3) is 0 Å². The Bertz CT molecular complexity index is 364. The Morgan fingerprint density at radius 1 is 1.28 bits per heavy atom. The van der Waals surface area contributed by atoms with Crippen molar-refractivity contribution in [1.29, 1.82) is 0 Å². The third-order valence-corrected chi connectivity index (χ3v) is 2.90. The van der Waals surface area contributed by atoms with Crippen molar-refractivity contribution < 1.29 is 14.6 Å². The van der Waals surface area contributed by atoms with E-state index in [0.717, 1.165) is 30.4 Å². The molecule has 0 fully saturated rings. The van der Waals surface area contributed by atoms with Crippen molar-refractivity contribution in [2.75, 3.05) is 6.61 Å². The van der Waals surface area contributed by atoms with Crippen LogP contribution in [-0.2, 0) is 9.53 Å². The molecule has 0 aliphatic carbocycles. The molecule has 0 saturated heterocycles. The van der Waals surface area contributed by atoms with Crippen LogP contribution in [-0.4, -0.2) is 23.8 Å². The molecule has 1 rings (SSSR count). The van der Waals surface area contributed by atoms with Crippen LogP contribution in [0.3, 0.4) is 0 Å². The zero-order chi connectivity index (χ0) is 13.4. The number of carbonyl (C=O) groups excluding carboxylic acids is 1. The zero-order valence-electron chi connectivity index (χ0n) is 11.2. The van der Waals surface area contributed by atoms with E-state index in [9.17, 15) is 9.90 Å². The number of hydrogen-bond acceptors (Lipinski definition) is 3. The number of aliphatic hydroxyl groups is 1. The molecule has 1 unspecified atom stereocenters. The molecule has 1 heterocycles. The summed E-state index contributed by atoms with van der Waals surface area (Å²) in [7, 11) is 0. The molecule has 3 nitrogen and oxygen atoms in total. The molecule has 18 heavy (non-hydrogen) atoms. The number of cyclic esters (lactones) is 1. The lowest BCUT2D eigenvalue weighted by Crippen LogP contribution is -2.07. The lowest BCUT2D eigenvalue weighted by molar-refractivity contribution is -0.141. The van der Waals surface area contributed by atoms with Crippen molar-refractivity contribution in [3.8, 4) is 0 Å². The van der Waals surface area contributed by atoms with Gasteiger partial charge in [-0.05, 0) is 44.3 Å². The van der Waals surface area contributed by atoms with Crippen LogP contribution in [0.15, 0.2) is 35.5 Å². The summed E-state index contributed by atoms with van der Waals surface area (Å²) in [6.45, 7) is 4.24. The van der Waals surface area contributed by atoms with E-state index in [4.69, 9.17) is 4.74 Å². The third kappa shape index (κ3) is 5.82. The molecule has 1 N–H and O–H groups in total. The molecular formula is C15H22O3. The molecular weight excluding hydrogens is 228 g/mol. The van der Waals surface area contributed by atoms with E-state index in [1.165, 1.54) is 0 Å². The minimum absolute atomic E-state index is 0.206. The first-order valence-electron chi connectivity index (χ1n) is 6.42. The van der Waals surface area contributed by atoms with Crippen LogP contribution in [0.4, 0.5) is 0 Å². The number of hydrogen-bond donors (Lipinski definition) is 1. The monoisotopic (exact) mass is 250 g/mol. The maximum absolute atomic E-state index is 11.4. The molecule has 0 aromatic heterocycles. The molecule has 0 amide bonds. The van der Waals surface area contributed by atoms with Gasteiger partial charge in [0.05, 0.1) is 12.5 Å². The van der Waals surface area contributed by atoms with Gasteiger partial charge in [-0.25, -0.2) is 0 Å². The van der Waals surface area contributed by atoms with E-state index < -0.39 is 6.10 Å². The third-order valence-electron chi connectivity index (χ3n) is 2.90. The van der Waals surface area contributed by atoms with Crippen molar-refractivity contribution in [2.24, 2.45) is 0 Å². The summed E-state index contributed by atoms with van der Waals surface area (Å²) in [5, 5.41) is 9.80. The van der Waals surface area contributed by atoms with Crippen LogP contribution in [0.1, 0.15) is 39.5 Å². The van der Waals surface area contributed by atoms with E-state index >= 15 is 0 Å². The molecule has 1 aliphatic heterocycles. The summed E-state index contributed by atoms with van der Waals surface area (Å²) >= 11 is 0. The predicted octanol–water partition coefficient (Wildman–Crippen LogP) is 2.91. The van der Waals surface area contributed by atoms with Gasteiger partial charge in [0.1, 0.15) is 6.61 Å². The SMILES string of the molecule is CC1=CCCCC=C(C)C(O)C=CCC(=O)OC1. The second-order valence-corrected chi connectivity index (χ2v) is 4.67. The fourth-order valence-electron chi connectivity index (χ4n) is 1.67. The summed E-state index contributed by atoms with van der Waals surface area (Å²) in [6, 6.07) is 0. The molecule has 1 aliphatic rings. The highest BCUT2D eigenvalue weighted by Gasteiger charge is 2.04. The first-order chi connectivity index (χ1) is 8.59. The van der Waals surface area contributed by atoms with Gasteiger partial charge < -0.3 is 9.84 Å². The fourth-order valence-corrected chi connectivity index (χ4v) is 1.67. The number of aliphatic hydroxyl groups excluding tert-OH is 1. The van der Waals surface area contributed by atoms with Gasteiger partial charge in [0, 0.05) is 0 Å². The maximum atomic E-state index is 11.4. The molecule has 1 atom stereocenters. The van der Waals surface area contributed by atoms with E-state index in [1.54, 1.807) is 12.2 Å². The fraction of sp³-hybridized carbons (Fsp3) is 0.533. The second-order valence-electron chi connectivity index (χ2n) is 4.67. The van der Waals surface area contributed by atoms with Gasteiger partial charge in [-0.3, -0.25) is 4.79 Å². The standard InChI is InChI=1S/C15H22O3/c1-12-7-4-3-5-8-13(2)14(16)9-6-10-15(17)18-11-12/h6-9,14,16H,3-5,10-11H2,1-2H3. The normalized spacial score (nSPS) is 23.7. The molecule has 3 heteroatoms. The minimum Gasteiger partial charge on any atom is -0.461 e. The Morgan fingerprint density at radius 3 is 2.78 bits per heavy atom. The largest absolute Gasteiger partial charge is 0.461 e. The summed E-state index contributed by atoms with van der Waals surface area (Å²) < 4.78 is 5.11. The Labute approximate surface area is 109 Å². The summed E-state index contributed by atoms with van der Waals surface area (Å²) in [5.41, 5.74) is 2.02. The van der Waals surface area contributed by atoms with Crippen LogP contribution in [0.5, 0.6) is 0 Å². The molecule has 0 radical (unpaired) electrons. The topological polar surface area (TPSA) is 46.5 Å². The van der Waals surface area contributed by atoms with Crippen molar-refractivity contribution in [3.63, 3.8) is 0 Å². The van der Waals surface area contributed by atoms with Crippen LogP contribution in [0.2, 0.25) is 0 Å². The first-order valence-corrected chi connectivity index (χ1v) is 6.42. The average Bonchev–Trinajstić information content (AvgIpc) is 2.34. The maximum Gasteiger partial charge on any atom is 0.309 e. The van der Waals surface area contributed by atoms with Crippen LogP contribution >= 0.6 is 0 Å². The van der Waals surface area contributed by atoms with Crippen molar-refractivity contribution in [3.05, 3.63) is 35.5 Å². The van der Waals surface area contributed by atoms with Crippen LogP contribution in [0, 0.1) is 0 Å². The number of carbonyl (C=O) groups is 1. The van der Waals surface area contributed by atoms with E-state index in [1.807, 2.05) is 13.8 Å². The summed E-state index contributed by atoms with van der Waals surface area (Å²) in [4.78, 5) is 11.4. The summed E-state index contributed by atoms with van der Waals surface area (Å²) in [5.74, 6) is -0.259. The molecule has 0 aromatic carbocycles. The van der Waals surface area contributed by atoms with Gasteiger partial charge in [0.2, 0.25) is 0 Å². The van der Waals surface area contributed by atoms with Crippen LogP contribution < -0.4 is 0 Å². The highest BCUT2D eigenvalue weighted by molar-refractivity contribution is 5.71. The molecule has 0 spiro atoms. The number of allylic oxidation sites excluding steroid dienone is 2. The Hall–Kier alpha value is -1.35. The highest BCUT2D eigenvalue weighted by atomic mass is 16.5. The van der Waals surface area contributed by atoms with E-state index in [-0.39, 0.29) is 12.4 Å².